The first-order valence-corrected chi connectivity index (χ1v) is 5.07. The van der Waals surface area contributed by atoms with Gasteiger partial charge in [0.05, 0.1) is 12.1 Å². The lowest BCUT2D eigenvalue weighted by Crippen LogP contribution is -2.35. The van der Waals surface area contributed by atoms with E-state index in [1.54, 1.807) is 0 Å². The van der Waals surface area contributed by atoms with Gasteiger partial charge < -0.3 is 15.5 Å². The lowest BCUT2D eigenvalue weighted by Gasteiger charge is -2.14. The van der Waals surface area contributed by atoms with Gasteiger partial charge in [-0.05, 0) is 17.7 Å². The number of rotatable bonds is 6. The maximum atomic E-state index is 13.2. The second-order valence-electron chi connectivity index (χ2n) is 3.74. The van der Waals surface area contributed by atoms with Gasteiger partial charge in [-0.3, -0.25) is 0 Å². The lowest BCUT2D eigenvalue weighted by molar-refractivity contribution is -0.0477. The molecule has 0 radical (unpaired) electrons. The van der Waals surface area contributed by atoms with Gasteiger partial charge in [0.2, 0.25) is 0 Å². The fraction of sp³-hybridized carbons (Fsp3) is 0.364. The first-order valence-electron chi connectivity index (χ1n) is 5.07. The molecule has 1 aromatic rings. The van der Waals surface area contributed by atoms with Crippen molar-refractivity contribution in [1.29, 1.82) is 0 Å². The van der Waals surface area contributed by atoms with Crippen LogP contribution in [0.5, 0.6) is 0 Å². The number of benzene rings is 1. The van der Waals surface area contributed by atoms with E-state index in [2.05, 4.69) is 5.32 Å². The first kappa shape index (κ1) is 14.5. The maximum absolute atomic E-state index is 13.2. The molecule has 1 aromatic carbocycles. The Morgan fingerprint density at radius 1 is 1.39 bits per heavy atom. The molecule has 0 saturated carbocycles. The number of carbonyl (C=O) groups is 1. The summed E-state index contributed by atoms with van der Waals surface area (Å²) in [4.78, 5) is 10.5. The minimum Gasteiger partial charge on any atom is -0.478 e. The Morgan fingerprint density at radius 3 is 2.56 bits per heavy atom. The molecule has 4 nitrogen and oxygen atoms in total. The predicted molar refractivity (Wildman–Crippen MR) is 57.1 cm³/mol. The molecule has 0 saturated heterocycles. The third-order valence-corrected chi connectivity index (χ3v) is 2.21. The van der Waals surface area contributed by atoms with Crippen LogP contribution in [-0.2, 0) is 6.54 Å². The zero-order valence-electron chi connectivity index (χ0n) is 9.29. The van der Waals surface area contributed by atoms with Crippen LogP contribution in [0.15, 0.2) is 18.2 Å². The summed E-state index contributed by atoms with van der Waals surface area (Å²) in [6.45, 7) is -2.06. The van der Waals surface area contributed by atoms with Gasteiger partial charge in [-0.25, -0.2) is 18.0 Å². The number of carboxylic acids is 1. The molecule has 0 unspecified atom stereocenters. The maximum Gasteiger partial charge on any atom is 0.338 e. The molecule has 7 heteroatoms. The fourth-order valence-corrected chi connectivity index (χ4v) is 1.29. The van der Waals surface area contributed by atoms with E-state index in [1.807, 2.05) is 0 Å². The van der Waals surface area contributed by atoms with Crippen molar-refractivity contribution in [1.82, 2.24) is 5.32 Å². The summed E-state index contributed by atoms with van der Waals surface area (Å²) in [7, 11) is 0. The molecule has 0 aliphatic rings. The van der Waals surface area contributed by atoms with Gasteiger partial charge in [0, 0.05) is 6.54 Å². The molecule has 0 atom stereocenters. The van der Waals surface area contributed by atoms with Crippen LogP contribution in [0.25, 0.3) is 0 Å². The van der Waals surface area contributed by atoms with E-state index >= 15 is 0 Å². The van der Waals surface area contributed by atoms with E-state index < -0.39 is 36.4 Å². The van der Waals surface area contributed by atoms with Crippen LogP contribution in [0.4, 0.5) is 13.2 Å². The van der Waals surface area contributed by atoms with Crippen LogP contribution in [-0.4, -0.2) is 35.3 Å². The third kappa shape index (κ3) is 4.01. The molecular formula is C11H12F3NO3. The number of aliphatic hydroxyl groups excluding tert-OH is 1. The number of hydrogen-bond donors (Lipinski definition) is 3. The smallest absolute Gasteiger partial charge is 0.338 e. The van der Waals surface area contributed by atoms with Crippen LogP contribution in [0.3, 0.4) is 0 Å². The molecule has 0 heterocycles. The van der Waals surface area contributed by atoms with Gasteiger partial charge in [-0.1, -0.05) is 6.07 Å². The van der Waals surface area contributed by atoms with E-state index in [9.17, 15) is 18.0 Å². The number of alkyl halides is 2. The number of nitrogens with one attached hydrogen (secondary N) is 1. The average molecular weight is 263 g/mol. The molecular weight excluding hydrogens is 251 g/mol. The Hall–Kier alpha value is -1.60. The average Bonchev–Trinajstić information content (AvgIpc) is 2.28. The van der Waals surface area contributed by atoms with Gasteiger partial charge in [-0.2, -0.15) is 0 Å². The van der Waals surface area contributed by atoms with Gasteiger partial charge in [0.25, 0.3) is 5.92 Å². The first-order chi connectivity index (χ1) is 8.35. The summed E-state index contributed by atoms with van der Waals surface area (Å²) in [6.07, 6.45) is 0. The molecule has 1 rings (SSSR count). The minimum absolute atomic E-state index is 0.0492. The number of halogens is 3. The monoisotopic (exact) mass is 263 g/mol. The molecule has 0 fully saturated rings. The topological polar surface area (TPSA) is 69.6 Å². The second-order valence-corrected chi connectivity index (χ2v) is 3.74. The summed E-state index contributed by atoms with van der Waals surface area (Å²) < 4.78 is 38.5. The highest BCUT2D eigenvalue weighted by Gasteiger charge is 2.26. The van der Waals surface area contributed by atoms with E-state index in [4.69, 9.17) is 10.2 Å². The summed E-state index contributed by atoms with van der Waals surface area (Å²) in [5, 5.41) is 19.3. The van der Waals surface area contributed by atoms with Gasteiger partial charge in [0.1, 0.15) is 12.4 Å². The van der Waals surface area contributed by atoms with Gasteiger partial charge >= 0.3 is 5.97 Å². The fourth-order valence-electron chi connectivity index (χ4n) is 1.29. The number of carboxylic acid groups (broad SMARTS) is 1. The highest BCUT2D eigenvalue weighted by Crippen LogP contribution is 2.12. The molecule has 18 heavy (non-hydrogen) atoms. The number of aliphatic hydroxyl groups is 1. The van der Waals surface area contributed by atoms with Gasteiger partial charge in [0.15, 0.2) is 0 Å². The van der Waals surface area contributed by atoms with E-state index in [0.717, 1.165) is 12.1 Å². The molecule has 3 N–H and O–H groups in total. The summed E-state index contributed by atoms with van der Waals surface area (Å²) in [5.74, 6) is -5.55. The molecule has 0 amide bonds. The highest BCUT2D eigenvalue weighted by atomic mass is 19.3. The van der Waals surface area contributed by atoms with Crippen LogP contribution < -0.4 is 5.32 Å². The lowest BCUT2D eigenvalue weighted by atomic mass is 10.1. The molecule has 0 aliphatic carbocycles. The van der Waals surface area contributed by atoms with Crippen molar-refractivity contribution >= 4 is 5.97 Å². The summed E-state index contributed by atoms with van der Waals surface area (Å²) >= 11 is 0. The standard InChI is InChI=1S/C11H12F3NO3/c12-9-3-7(1-2-8(9)10(17)18)4-15-5-11(13,14)6-16/h1-3,15-16H,4-6H2,(H,17,18). The Kier molecular flexibility index (Phi) is 4.69. The number of hydrogen-bond acceptors (Lipinski definition) is 3. The van der Waals surface area contributed by atoms with E-state index in [-0.39, 0.29) is 6.54 Å². The predicted octanol–water partition coefficient (Wildman–Crippen LogP) is 1.24. The van der Waals surface area contributed by atoms with E-state index in [1.165, 1.54) is 6.07 Å². The third-order valence-electron chi connectivity index (χ3n) is 2.21. The van der Waals surface area contributed by atoms with Crippen molar-refractivity contribution in [2.45, 2.75) is 12.5 Å². The zero-order valence-corrected chi connectivity index (χ0v) is 9.29. The van der Waals surface area contributed by atoms with Crippen molar-refractivity contribution in [3.8, 4) is 0 Å². The van der Waals surface area contributed by atoms with Crippen LogP contribution >= 0.6 is 0 Å². The van der Waals surface area contributed by atoms with Crippen molar-refractivity contribution in [2.24, 2.45) is 0 Å². The SMILES string of the molecule is O=C(O)c1ccc(CNCC(F)(F)CO)cc1F. The Morgan fingerprint density at radius 2 is 2.06 bits per heavy atom. The Bertz CT molecular complexity index is 438. The molecule has 0 aromatic heterocycles. The highest BCUT2D eigenvalue weighted by molar-refractivity contribution is 5.87. The van der Waals surface area contributed by atoms with Crippen LogP contribution in [0.2, 0.25) is 0 Å². The van der Waals surface area contributed by atoms with Crippen molar-refractivity contribution in [3.63, 3.8) is 0 Å². The number of aromatic carboxylic acids is 1. The Labute approximate surface area is 101 Å². The van der Waals surface area contributed by atoms with Crippen molar-refractivity contribution in [3.05, 3.63) is 35.1 Å². The van der Waals surface area contributed by atoms with Crippen LogP contribution in [0.1, 0.15) is 15.9 Å². The second kappa shape index (κ2) is 5.83. The molecule has 0 aliphatic heterocycles. The summed E-state index contributed by atoms with van der Waals surface area (Å²) in [6, 6.07) is 3.36. The van der Waals surface area contributed by atoms with Crippen molar-refractivity contribution < 1.29 is 28.2 Å². The normalized spacial score (nSPS) is 11.6. The molecule has 0 spiro atoms. The zero-order chi connectivity index (χ0) is 13.8. The van der Waals surface area contributed by atoms with Gasteiger partial charge in [-0.15, -0.1) is 0 Å². The molecule has 100 valence electrons. The van der Waals surface area contributed by atoms with Crippen LogP contribution in [0, 0.1) is 5.82 Å². The van der Waals surface area contributed by atoms with E-state index in [0.29, 0.717) is 5.56 Å². The van der Waals surface area contributed by atoms with Crippen molar-refractivity contribution in [2.75, 3.05) is 13.2 Å². The largest absolute Gasteiger partial charge is 0.478 e. The quantitative estimate of drug-likeness (QED) is 0.722. The molecule has 0 bridgehead atoms. The minimum atomic E-state index is -3.24. The Balaban J connectivity index is 2.59. The summed E-state index contributed by atoms with van der Waals surface area (Å²) in [5.41, 5.74) is -0.134.